The number of nitrogens with zero attached hydrogens (tertiary/aromatic N) is 2. The highest BCUT2D eigenvalue weighted by Gasteiger charge is 2.20. The van der Waals surface area contributed by atoms with E-state index >= 15 is 0 Å². The lowest BCUT2D eigenvalue weighted by Crippen LogP contribution is -2.10. The lowest BCUT2D eigenvalue weighted by molar-refractivity contribution is 1.18. The minimum absolute atomic E-state index is 1.11. The van der Waals surface area contributed by atoms with Gasteiger partial charge in [-0.3, -0.25) is 0 Å². The molecule has 0 aliphatic carbocycles. The average Bonchev–Trinajstić information content (AvgIpc) is 3.72. The number of thiophene rings is 1. The van der Waals surface area contributed by atoms with Crippen molar-refractivity contribution in [1.29, 1.82) is 0 Å². The van der Waals surface area contributed by atoms with Crippen molar-refractivity contribution in [3.63, 3.8) is 0 Å². The second-order valence-electron chi connectivity index (χ2n) is 12.5. The van der Waals surface area contributed by atoms with Gasteiger partial charge in [0.2, 0.25) is 0 Å². The molecule has 0 saturated heterocycles. The Morgan fingerprint density at radius 3 is 1.86 bits per heavy atom. The van der Waals surface area contributed by atoms with E-state index in [1.54, 1.807) is 0 Å². The summed E-state index contributed by atoms with van der Waals surface area (Å²) in [6, 6.07) is 66.2. The SMILES string of the molecule is c1ccc(-c2ccc(N(c3ccc4c5ccccc5n(-c5ccccc5)c4c3)c3cccc4c3ccc3sc5ccccc5c34)cc2)cc1. The normalized spacial score (nSPS) is 11.7. The van der Waals surface area contributed by atoms with E-state index < -0.39 is 0 Å². The van der Waals surface area contributed by atoms with Gasteiger partial charge in [0.05, 0.1) is 16.7 Å². The largest absolute Gasteiger partial charge is 0.310 e. The number of hydrogen-bond acceptors (Lipinski definition) is 2. The summed E-state index contributed by atoms with van der Waals surface area (Å²) in [6.07, 6.45) is 0. The van der Waals surface area contributed by atoms with Gasteiger partial charge in [0.15, 0.2) is 0 Å². The van der Waals surface area contributed by atoms with Crippen LogP contribution < -0.4 is 4.90 Å². The van der Waals surface area contributed by atoms with Crippen molar-refractivity contribution in [2.75, 3.05) is 4.90 Å². The number of benzene rings is 8. The van der Waals surface area contributed by atoms with E-state index in [0.29, 0.717) is 0 Å². The lowest BCUT2D eigenvalue weighted by Gasteiger charge is -2.27. The molecule has 0 N–H and O–H groups in total. The Bertz CT molecular complexity index is 2810. The highest BCUT2D eigenvalue weighted by Crippen LogP contribution is 2.45. The smallest absolute Gasteiger partial charge is 0.0561 e. The summed E-state index contributed by atoms with van der Waals surface area (Å²) in [5, 5.41) is 7.65. The summed E-state index contributed by atoms with van der Waals surface area (Å²) in [7, 11) is 0. The highest BCUT2D eigenvalue weighted by molar-refractivity contribution is 7.26. The van der Waals surface area contributed by atoms with E-state index in [9.17, 15) is 0 Å². The van der Waals surface area contributed by atoms with Crippen molar-refractivity contribution in [1.82, 2.24) is 4.57 Å². The van der Waals surface area contributed by atoms with Crippen LogP contribution in [0.3, 0.4) is 0 Å². The van der Waals surface area contributed by atoms with Gasteiger partial charge in [-0.05, 0) is 77.2 Å². The molecule has 10 aromatic rings. The number of rotatable bonds is 5. The molecule has 0 radical (unpaired) electrons. The molecule has 3 heteroatoms. The molecule has 2 nitrogen and oxygen atoms in total. The maximum atomic E-state index is 2.43. The van der Waals surface area contributed by atoms with E-state index in [1.165, 1.54) is 63.9 Å². The predicted octanol–water partition coefficient (Wildman–Crippen LogP) is 13.4. The van der Waals surface area contributed by atoms with Gasteiger partial charge in [0.1, 0.15) is 0 Å². The van der Waals surface area contributed by atoms with Crippen LogP contribution in [0.25, 0.3) is 69.6 Å². The summed E-state index contributed by atoms with van der Waals surface area (Å²) >= 11 is 1.87. The van der Waals surface area contributed by atoms with Gasteiger partial charge in [-0.25, -0.2) is 0 Å². The Morgan fingerprint density at radius 2 is 1.02 bits per heavy atom. The second kappa shape index (κ2) is 11.2. The van der Waals surface area contributed by atoms with Gasteiger partial charge in [0, 0.05) is 53.4 Å². The van der Waals surface area contributed by atoms with Gasteiger partial charge in [-0.15, -0.1) is 11.3 Å². The molecule has 0 atom stereocenters. The zero-order chi connectivity index (χ0) is 32.3. The zero-order valence-corrected chi connectivity index (χ0v) is 27.4. The molecule has 0 saturated carbocycles. The quantitative estimate of drug-likeness (QED) is 0.181. The van der Waals surface area contributed by atoms with Crippen LogP contribution in [0.5, 0.6) is 0 Å². The minimum Gasteiger partial charge on any atom is -0.310 e. The first-order chi connectivity index (χ1) is 24.3. The average molecular weight is 643 g/mol. The van der Waals surface area contributed by atoms with E-state index in [1.807, 2.05) is 11.3 Å². The van der Waals surface area contributed by atoms with Gasteiger partial charge >= 0.3 is 0 Å². The molecule has 0 unspecified atom stereocenters. The third kappa shape index (κ3) is 4.47. The molecule has 2 aromatic heterocycles. The molecule has 8 aromatic carbocycles. The van der Waals surface area contributed by atoms with Crippen LogP contribution in [0.2, 0.25) is 0 Å². The van der Waals surface area contributed by atoms with E-state index in [4.69, 9.17) is 0 Å². The fraction of sp³-hybridized carbons (Fsp3) is 0. The summed E-state index contributed by atoms with van der Waals surface area (Å²) in [6.45, 7) is 0. The lowest BCUT2D eigenvalue weighted by atomic mass is 10.0. The van der Waals surface area contributed by atoms with Crippen molar-refractivity contribution < 1.29 is 0 Å². The van der Waals surface area contributed by atoms with Gasteiger partial charge in [0.25, 0.3) is 0 Å². The summed E-state index contributed by atoms with van der Waals surface area (Å²) in [5.41, 5.74) is 9.34. The van der Waals surface area contributed by atoms with Crippen LogP contribution >= 0.6 is 11.3 Å². The molecule has 0 bridgehead atoms. The van der Waals surface area contributed by atoms with Crippen molar-refractivity contribution in [3.05, 3.63) is 182 Å². The van der Waals surface area contributed by atoms with Crippen LogP contribution in [-0.2, 0) is 0 Å². The molecule has 0 aliphatic rings. The molecular weight excluding hydrogens is 613 g/mol. The molecule has 230 valence electrons. The maximum Gasteiger partial charge on any atom is 0.0561 e. The molecule has 49 heavy (non-hydrogen) atoms. The Hall–Kier alpha value is -6.16. The maximum absolute atomic E-state index is 2.43. The zero-order valence-electron chi connectivity index (χ0n) is 26.6. The van der Waals surface area contributed by atoms with Crippen molar-refractivity contribution in [3.8, 4) is 16.8 Å². The molecule has 2 heterocycles. The number of para-hydroxylation sites is 2. The van der Waals surface area contributed by atoms with Crippen molar-refractivity contribution in [2.24, 2.45) is 0 Å². The predicted molar refractivity (Wildman–Crippen MR) is 211 cm³/mol. The molecule has 0 fully saturated rings. The second-order valence-corrected chi connectivity index (χ2v) is 13.6. The minimum atomic E-state index is 1.11. The number of hydrogen-bond donors (Lipinski definition) is 0. The first kappa shape index (κ1) is 27.9. The summed E-state index contributed by atoms with van der Waals surface area (Å²) in [5.74, 6) is 0. The van der Waals surface area contributed by atoms with Gasteiger partial charge in [-0.1, -0.05) is 121 Å². The molecule has 0 spiro atoms. The standard InChI is InChI=1S/C46H30N2S/c1-3-12-31(13-4-1)32-22-24-34(25-23-32)47(41-20-11-18-39-38(41)28-29-45-46(39)40-17-8-10-21-44(40)49-45)35-26-27-37-36-16-7-9-19-42(36)48(43(37)30-35)33-14-5-2-6-15-33/h1-30H. The van der Waals surface area contributed by atoms with Crippen LogP contribution in [0.4, 0.5) is 17.1 Å². The molecule has 10 rings (SSSR count). The van der Waals surface area contributed by atoms with Crippen LogP contribution in [-0.4, -0.2) is 4.57 Å². The van der Waals surface area contributed by atoms with E-state index in [0.717, 1.165) is 22.7 Å². The molecular formula is C46H30N2S. The third-order valence-corrected chi connectivity index (χ3v) is 10.9. The van der Waals surface area contributed by atoms with Crippen molar-refractivity contribution >= 4 is 81.1 Å². The highest BCUT2D eigenvalue weighted by atomic mass is 32.1. The summed E-state index contributed by atoms with van der Waals surface area (Å²) in [4.78, 5) is 2.43. The molecule has 0 amide bonds. The third-order valence-electron chi connectivity index (χ3n) is 9.78. The van der Waals surface area contributed by atoms with E-state index in [-0.39, 0.29) is 0 Å². The fourth-order valence-corrected chi connectivity index (χ4v) is 8.70. The Balaban J connectivity index is 1.24. The summed E-state index contributed by atoms with van der Waals surface area (Å²) < 4.78 is 5.04. The van der Waals surface area contributed by atoms with Crippen molar-refractivity contribution in [2.45, 2.75) is 0 Å². The fourth-order valence-electron chi connectivity index (χ4n) is 7.57. The Labute approximate surface area is 288 Å². The number of aromatic nitrogens is 1. The first-order valence-corrected chi connectivity index (χ1v) is 17.5. The van der Waals surface area contributed by atoms with E-state index in [2.05, 4.69) is 191 Å². The monoisotopic (exact) mass is 642 g/mol. The van der Waals surface area contributed by atoms with Crippen LogP contribution in [0.1, 0.15) is 0 Å². The Morgan fingerprint density at radius 1 is 0.388 bits per heavy atom. The van der Waals surface area contributed by atoms with Gasteiger partial charge in [-0.2, -0.15) is 0 Å². The number of fused-ring (bicyclic) bond motifs is 8. The molecule has 0 aliphatic heterocycles. The number of anilines is 3. The van der Waals surface area contributed by atoms with Crippen LogP contribution in [0, 0.1) is 0 Å². The van der Waals surface area contributed by atoms with Crippen LogP contribution in [0.15, 0.2) is 182 Å². The topological polar surface area (TPSA) is 8.17 Å². The Kier molecular flexibility index (Phi) is 6.39. The first-order valence-electron chi connectivity index (χ1n) is 16.7. The van der Waals surface area contributed by atoms with Gasteiger partial charge < -0.3 is 9.47 Å².